The van der Waals surface area contributed by atoms with E-state index in [4.69, 9.17) is 0 Å². The number of non-ortho nitro benzene ring substituents is 1. The summed E-state index contributed by atoms with van der Waals surface area (Å²) < 4.78 is 0. The number of nitro benzene ring substituents is 1. The summed E-state index contributed by atoms with van der Waals surface area (Å²) in [7, 11) is 3.10. The first-order chi connectivity index (χ1) is 12.2. The van der Waals surface area contributed by atoms with Gasteiger partial charge in [0.1, 0.15) is 0 Å². The van der Waals surface area contributed by atoms with Crippen molar-refractivity contribution in [3.05, 3.63) is 33.9 Å². The number of nitrogens with one attached hydrogen (secondary N) is 1. The van der Waals surface area contributed by atoms with Gasteiger partial charge in [-0.05, 0) is 18.1 Å². The van der Waals surface area contributed by atoms with Gasteiger partial charge in [0.2, 0.25) is 11.8 Å². The third-order valence-corrected chi connectivity index (χ3v) is 5.34. The number of anilines is 1. The first-order valence-corrected chi connectivity index (χ1v) is 8.37. The molecule has 2 atom stereocenters. The lowest BCUT2D eigenvalue weighted by Crippen LogP contribution is -2.71. The molecule has 1 aromatic carbocycles. The third-order valence-electron chi connectivity index (χ3n) is 5.34. The maximum Gasteiger partial charge on any atom is 0.330 e. The molecule has 0 radical (unpaired) electrons. The number of imide groups is 2. The van der Waals surface area contributed by atoms with Crippen molar-refractivity contribution in [3.8, 4) is 0 Å². The number of benzene rings is 1. The summed E-state index contributed by atoms with van der Waals surface area (Å²) in [6, 6.07) is 3.24. The molecule has 9 nitrogen and oxygen atoms in total. The van der Waals surface area contributed by atoms with E-state index in [1.54, 1.807) is 13.1 Å². The van der Waals surface area contributed by atoms with Gasteiger partial charge in [0.25, 0.3) is 5.69 Å². The van der Waals surface area contributed by atoms with Gasteiger partial charge in [0.05, 0.1) is 11.0 Å². The molecule has 138 valence electrons. The Bertz CT molecular complexity index is 823. The fraction of sp³-hybridized carbons (Fsp3) is 0.471. The van der Waals surface area contributed by atoms with Crippen molar-refractivity contribution in [1.82, 2.24) is 10.2 Å². The van der Waals surface area contributed by atoms with Crippen LogP contribution < -0.4 is 10.2 Å². The van der Waals surface area contributed by atoms with Crippen LogP contribution in [0.5, 0.6) is 0 Å². The number of hydrogen-bond donors (Lipinski definition) is 1. The number of hydrogen-bond acceptors (Lipinski definition) is 6. The maximum atomic E-state index is 13.1. The van der Waals surface area contributed by atoms with E-state index in [9.17, 15) is 24.5 Å². The number of rotatable bonds is 3. The summed E-state index contributed by atoms with van der Waals surface area (Å²) in [5, 5.41) is 13.4. The molecule has 1 saturated heterocycles. The summed E-state index contributed by atoms with van der Waals surface area (Å²) >= 11 is 0. The Morgan fingerprint density at radius 1 is 1.31 bits per heavy atom. The smallest absolute Gasteiger partial charge is 0.330 e. The van der Waals surface area contributed by atoms with E-state index in [1.165, 1.54) is 19.2 Å². The van der Waals surface area contributed by atoms with Crippen molar-refractivity contribution >= 4 is 29.2 Å². The highest BCUT2D eigenvalue weighted by atomic mass is 16.6. The van der Waals surface area contributed by atoms with E-state index < -0.39 is 34.2 Å². The average Bonchev–Trinajstić information content (AvgIpc) is 2.60. The van der Waals surface area contributed by atoms with Crippen molar-refractivity contribution in [2.45, 2.75) is 32.2 Å². The summed E-state index contributed by atoms with van der Waals surface area (Å²) in [6.07, 6.45) is 1.31. The molecular formula is C17H20N4O5. The monoisotopic (exact) mass is 360 g/mol. The summed E-state index contributed by atoms with van der Waals surface area (Å²) in [5.41, 5.74) is -0.301. The topological polar surface area (TPSA) is 113 Å². The van der Waals surface area contributed by atoms with Gasteiger partial charge in [-0.15, -0.1) is 0 Å². The molecule has 0 aromatic heterocycles. The highest BCUT2D eigenvalue weighted by Crippen LogP contribution is 2.45. The molecule has 0 unspecified atom stereocenters. The molecule has 1 aromatic rings. The summed E-state index contributed by atoms with van der Waals surface area (Å²) in [5.74, 6) is -1.22. The van der Waals surface area contributed by atoms with Crippen LogP contribution in [-0.2, 0) is 16.0 Å². The van der Waals surface area contributed by atoms with Crippen molar-refractivity contribution in [1.29, 1.82) is 0 Å². The molecule has 4 amide bonds. The van der Waals surface area contributed by atoms with Crippen molar-refractivity contribution < 1.29 is 19.3 Å². The first-order valence-electron chi connectivity index (χ1n) is 8.37. The van der Waals surface area contributed by atoms with E-state index in [-0.39, 0.29) is 12.1 Å². The van der Waals surface area contributed by atoms with Crippen LogP contribution in [0.3, 0.4) is 0 Å². The van der Waals surface area contributed by atoms with Crippen LogP contribution in [0.15, 0.2) is 18.2 Å². The number of nitro groups is 1. The van der Waals surface area contributed by atoms with E-state index >= 15 is 0 Å². The minimum Gasteiger partial charge on any atom is -0.370 e. The van der Waals surface area contributed by atoms with E-state index in [0.29, 0.717) is 12.0 Å². The average molecular weight is 360 g/mol. The van der Waals surface area contributed by atoms with Gasteiger partial charge in [-0.3, -0.25) is 29.9 Å². The lowest BCUT2D eigenvalue weighted by molar-refractivity contribution is -0.384. The Hall–Kier alpha value is -2.97. The number of nitrogens with zero attached hydrogens (tertiary/aromatic N) is 3. The van der Waals surface area contributed by atoms with Crippen molar-refractivity contribution in [3.63, 3.8) is 0 Å². The second kappa shape index (κ2) is 6.08. The van der Waals surface area contributed by atoms with Crippen LogP contribution in [0.4, 0.5) is 16.2 Å². The molecule has 1 fully saturated rings. The van der Waals surface area contributed by atoms with Crippen LogP contribution in [0, 0.1) is 15.5 Å². The Morgan fingerprint density at radius 3 is 2.62 bits per heavy atom. The van der Waals surface area contributed by atoms with Gasteiger partial charge >= 0.3 is 6.03 Å². The molecule has 2 aliphatic heterocycles. The van der Waals surface area contributed by atoms with Gasteiger partial charge in [-0.1, -0.05) is 13.3 Å². The van der Waals surface area contributed by atoms with Crippen LogP contribution in [-0.4, -0.2) is 47.8 Å². The fourth-order valence-corrected chi connectivity index (χ4v) is 4.03. The molecule has 0 saturated carbocycles. The van der Waals surface area contributed by atoms with Gasteiger partial charge in [0.15, 0.2) is 5.41 Å². The van der Waals surface area contributed by atoms with Crippen LogP contribution in [0.2, 0.25) is 0 Å². The Kier molecular flexibility index (Phi) is 4.17. The zero-order chi connectivity index (χ0) is 19.2. The summed E-state index contributed by atoms with van der Waals surface area (Å²) in [6.45, 7) is 1.95. The van der Waals surface area contributed by atoms with Gasteiger partial charge in [0, 0.05) is 38.3 Å². The molecule has 3 rings (SSSR count). The lowest BCUT2D eigenvalue weighted by Gasteiger charge is -2.50. The SMILES string of the molecule is CCC[C@@H]1N(C)c2ccc([N+](=O)[O-])cc2C[C@]12C(=O)NC(=O)N(C)C2=O. The Balaban J connectivity index is 2.19. The predicted octanol–water partition coefficient (Wildman–Crippen LogP) is 1.45. The van der Waals surface area contributed by atoms with E-state index in [0.717, 1.165) is 17.0 Å². The lowest BCUT2D eigenvalue weighted by atomic mass is 9.67. The maximum absolute atomic E-state index is 13.1. The molecule has 2 aliphatic rings. The van der Waals surface area contributed by atoms with Gasteiger partial charge in [-0.2, -0.15) is 0 Å². The van der Waals surface area contributed by atoms with Gasteiger partial charge < -0.3 is 4.90 Å². The number of barbiturate groups is 1. The number of fused-ring (bicyclic) bond motifs is 1. The minimum absolute atomic E-state index is 0.0152. The molecule has 1 spiro atoms. The largest absolute Gasteiger partial charge is 0.370 e. The van der Waals surface area contributed by atoms with Crippen LogP contribution in [0.25, 0.3) is 0 Å². The Morgan fingerprint density at radius 2 is 2.00 bits per heavy atom. The van der Waals surface area contributed by atoms with Crippen LogP contribution >= 0.6 is 0 Å². The highest BCUT2D eigenvalue weighted by molar-refractivity contribution is 6.20. The molecular weight excluding hydrogens is 340 g/mol. The highest BCUT2D eigenvalue weighted by Gasteiger charge is 2.60. The fourth-order valence-electron chi connectivity index (χ4n) is 4.03. The standard InChI is InChI=1S/C17H20N4O5/c1-4-5-13-17(14(22)18-16(24)20(3)15(17)23)9-10-8-11(21(25)26)6-7-12(10)19(13)2/h6-8,13H,4-5,9H2,1-3H3,(H,18,22,24)/t13-,17+/m0/s1. The molecule has 0 aliphatic carbocycles. The molecule has 1 N–H and O–H groups in total. The third kappa shape index (κ3) is 2.34. The predicted molar refractivity (Wildman–Crippen MR) is 92.6 cm³/mol. The molecule has 26 heavy (non-hydrogen) atoms. The summed E-state index contributed by atoms with van der Waals surface area (Å²) in [4.78, 5) is 51.1. The quantitative estimate of drug-likeness (QED) is 0.496. The zero-order valence-electron chi connectivity index (χ0n) is 14.8. The van der Waals surface area contributed by atoms with Crippen LogP contribution in [0.1, 0.15) is 25.3 Å². The second-order valence-electron chi connectivity index (χ2n) is 6.76. The van der Waals surface area contributed by atoms with Crippen molar-refractivity contribution in [2.24, 2.45) is 5.41 Å². The molecule has 9 heteroatoms. The minimum atomic E-state index is -1.49. The number of carbonyl (C=O) groups is 3. The van der Waals surface area contributed by atoms with Crippen molar-refractivity contribution in [2.75, 3.05) is 19.0 Å². The van der Waals surface area contributed by atoms with E-state index in [2.05, 4.69) is 5.32 Å². The van der Waals surface area contributed by atoms with E-state index in [1.807, 2.05) is 11.8 Å². The Labute approximate surface area is 150 Å². The molecule has 2 heterocycles. The number of amides is 4. The second-order valence-corrected chi connectivity index (χ2v) is 6.76. The van der Waals surface area contributed by atoms with Gasteiger partial charge in [-0.25, -0.2) is 4.79 Å². The number of urea groups is 1. The first kappa shape index (κ1) is 17.8. The number of carbonyl (C=O) groups excluding carboxylic acids is 3. The zero-order valence-corrected chi connectivity index (χ0v) is 14.8. The molecule has 0 bridgehead atoms. The normalized spacial score (nSPS) is 25.3.